The number of nitro benzene ring substituents is 1. The molecule has 11 heteroatoms. The molecule has 0 spiro atoms. The van der Waals surface area contributed by atoms with Crippen LogP contribution in [0.3, 0.4) is 0 Å². The van der Waals surface area contributed by atoms with E-state index in [1.165, 1.54) is 42.7 Å². The Kier molecular flexibility index (Phi) is 6.90. The van der Waals surface area contributed by atoms with Gasteiger partial charge in [-0.2, -0.15) is 0 Å². The number of thiocarbonyl (C=S) groups is 1. The number of thiophene rings is 1. The van der Waals surface area contributed by atoms with Crippen molar-refractivity contribution in [2.24, 2.45) is 0 Å². The standard InChI is InChI=1S/C20H16N4O5S2/c1-29-16-11-12(8-9-14(16)22-19(26)17-7-4-10-31-17)21-20(30)23-18(25)13-5-2-3-6-15(13)24(27)28/h2-11H,1H3,(H,22,26)(H2,21,23,25,30). The van der Waals surface area contributed by atoms with Gasteiger partial charge in [-0.25, -0.2) is 0 Å². The van der Waals surface area contributed by atoms with E-state index in [4.69, 9.17) is 17.0 Å². The van der Waals surface area contributed by atoms with E-state index in [2.05, 4.69) is 16.0 Å². The fourth-order valence-electron chi connectivity index (χ4n) is 2.62. The van der Waals surface area contributed by atoms with Gasteiger partial charge >= 0.3 is 0 Å². The highest BCUT2D eigenvalue weighted by molar-refractivity contribution is 7.80. The van der Waals surface area contributed by atoms with Crippen LogP contribution >= 0.6 is 23.6 Å². The number of benzene rings is 2. The first-order valence-electron chi connectivity index (χ1n) is 8.77. The molecule has 0 aliphatic rings. The normalized spacial score (nSPS) is 10.1. The molecule has 0 unspecified atom stereocenters. The number of nitrogens with zero attached hydrogens (tertiary/aromatic N) is 1. The third-order valence-corrected chi connectivity index (χ3v) is 5.10. The minimum atomic E-state index is -0.711. The predicted octanol–water partition coefficient (Wildman–Crippen LogP) is 4.04. The van der Waals surface area contributed by atoms with Gasteiger partial charge in [-0.15, -0.1) is 11.3 Å². The lowest BCUT2D eigenvalue weighted by Gasteiger charge is -2.14. The highest BCUT2D eigenvalue weighted by Gasteiger charge is 2.20. The number of nitro groups is 1. The number of nitrogens with one attached hydrogen (secondary N) is 3. The molecule has 3 N–H and O–H groups in total. The number of rotatable bonds is 6. The Labute approximate surface area is 186 Å². The molecule has 158 valence electrons. The molecule has 0 atom stereocenters. The zero-order valence-electron chi connectivity index (χ0n) is 16.1. The molecule has 3 rings (SSSR count). The number of carbonyl (C=O) groups excluding carboxylic acids is 2. The molecule has 1 aromatic heterocycles. The molecule has 9 nitrogen and oxygen atoms in total. The van der Waals surface area contributed by atoms with E-state index in [1.54, 1.807) is 35.7 Å². The number of hydrogen-bond acceptors (Lipinski definition) is 7. The Balaban J connectivity index is 1.68. The monoisotopic (exact) mass is 456 g/mol. The van der Waals surface area contributed by atoms with Crippen molar-refractivity contribution in [1.82, 2.24) is 5.32 Å². The van der Waals surface area contributed by atoms with Crippen LogP contribution in [0.5, 0.6) is 5.75 Å². The lowest BCUT2D eigenvalue weighted by atomic mass is 10.1. The van der Waals surface area contributed by atoms with E-state index >= 15 is 0 Å². The van der Waals surface area contributed by atoms with Gasteiger partial charge in [0.05, 0.1) is 22.6 Å². The van der Waals surface area contributed by atoms with Crippen molar-refractivity contribution >= 4 is 57.5 Å². The Hall–Kier alpha value is -3.83. The van der Waals surface area contributed by atoms with Gasteiger partial charge in [0.25, 0.3) is 17.5 Å². The quantitative estimate of drug-likeness (QED) is 0.291. The van der Waals surface area contributed by atoms with Gasteiger partial charge < -0.3 is 15.4 Å². The van der Waals surface area contributed by atoms with Crippen LogP contribution in [0, 0.1) is 10.1 Å². The summed E-state index contributed by atoms with van der Waals surface area (Å²) in [6.07, 6.45) is 0. The summed E-state index contributed by atoms with van der Waals surface area (Å²) in [7, 11) is 1.45. The summed E-state index contributed by atoms with van der Waals surface area (Å²) >= 11 is 6.45. The summed E-state index contributed by atoms with van der Waals surface area (Å²) in [4.78, 5) is 35.6. The summed E-state index contributed by atoms with van der Waals surface area (Å²) in [6, 6.07) is 13.9. The minimum Gasteiger partial charge on any atom is -0.494 e. The zero-order valence-corrected chi connectivity index (χ0v) is 17.7. The number of anilines is 2. The lowest BCUT2D eigenvalue weighted by Crippen LogP contribution is -2.34. The highest BCUT2D eigenvalue weighted by atomic mass is 32.1. The molecule has 0 saturated heterocycles. The van der Waals surface area contributed by atoms with Crippen LogP contribution in [-0.2, 0) is 0 Å². The third-order valence-electron chi connectivity index (χ3n) is 4.02. The van der Waals surface area contributed by atoms with Crippen molar-refractivity contribution in [2.75, 3.05) is 17.7 Å². The number of ether oxygens (including phenoxy) is 1. The van der Waals surface area contributed by atoms with Gasteiger partial charge in [0.15, 0.2) is 5.11 Å². The molecule has 0 fully saturated rings. The Bertz CT molecular complexity index is 1150. The van der Waals surface area contributed by atoms with Crippen LogP contribution < -0.4 is 20.7 Å². The number of para-hydroxylation sites is 1. The molecule has 0 saturated carbocycles. The summed E-state index contributed by atoms with van der Waals surface area (Å²) in [5.41, 5.74) is 0.510. The molecule has 2 amide bonds. The van der Waals surface area contributed by atoms with E-state index in [1.807, 2.05) is 0 Å². The van der Waals surface area contributed by atoms with E-state index in [-0.39, 0.29) is 22.3 Å². The average Bonchev–Trinajstić information content (AvgIpc) is 3.29. The lowest BCUT2D eigenvalue weighted by molar-refractivity contribution is -0.385. The maximum Gasteiger partial charge on any atom is 0.282 e. The van der Waals surface area contributed by atoms with Gasteiger partial charge in [-0.3, -0.25) is 25.0 Å². The number of carbonyl (C=O) groups is 2. The number of hydrogen-bond donors (Lipinski definition) is 3. The van der Waals surface area contributed by atoms with E-state index in [0.29, 0.717) is 22.0 Å². The molecule has 2 aromatic carbocycles. The van der Waals surface area contributed by atoms with Crippen LogP contribution in [0.4, 0.5) is 17.1 Å². The SMILES string of the molecule is COc1cc(NC(=S)NC(=O)c2ccccc2[N+](=O)[O-])ccc1NC(=O)c1cccs1. The number of amides is 2. The Morgan fingerprint density at radius 3 is 2.52 bits per heavy atom. The van der Waals surface area contributed by atoms with Crippen LogP contribution in [-0.4, -0.2) is 29.0 Å². The van der Waals surface area contributed by atoms with Gasteiger partial charge in [0.2, 0.25) is 0 Å². The maximum atomic E-state index is 12.4. The molecule has 1 heterocycles. The minimum absolute atomic E-state index is 0.0550. The average molecular weight is 457 g/mol. The smallest absolute Gasteiger partial charge is 0.282 e. The first-order chi connectivity index (χ1) is 14.9. The van der Waals surface area contributed by atoms with Gasteiger partial charge in [-0.1, -0.05) is 18.2 Å². The van der Waals surface area contributed by atoms with Gasteiger partial charge in [0, 0.05) is 17.8 Å². The molecule has 3 aromatic rings. The molecule has 0 bridgehead atoms. The van der Waals surface area contributed by atoms with Crippen LogP contribution in [0.1, 0.15) is 20.0 Å². The summed E-state index contributed by atoms with van der Waals surface area (Å²) < 4.78 is 5.32. The van der Waals surface area contributed by atoms with Crippen molar-refractivity contribution in [3.05, 3.63) is 80.5 Å². The van der Waals surface area contributed by atoms with Gasteiger partial charge in [-0.05, 0) is 41.9 Å². The largest absolute Gasteiger partial charge is 0.494 e. The summed E-state index contributed by atoms with van der Waals surface area (Å²) in [6.45, 7) is 0. The second-order valence-electron chi connectivity index (χ2n) is 6.03. The van der Waals surface area contributed by atoms with Gasteiger partial charge in [0.1, 0.15) is 11.3 Å². The first kappa shape index (κ1) is 21.9. The summed E-state index contributed by atoms with van der Waals surface area (Å²) in [5, 5.41) is 20.8. The number of methoxy groups -OCH3 is 1. The van der Waals surface area contributed by atoms with Crippen molar-refractivity contribution in [3.63, 3.8) is 0 Å². The first-order valence-corrected chi connectivity index (χ1v) is 10.1. The second kappa shape index (κ2) is 9.78. The topological polar surface area (TPSA) is 123 Å². The highest BCUT2D eigenvalue weighted by Crippen LogP contribution is 2.29. The molecule has 31 heavy (non-hydrogen) atoms. The van der Waals surface area contributed by atoms with E-state index < -0.39 is 10.8 Å². The van der Waals surface area contributed by atoms with Crippen LogP contribution in [0.2, 0.25) is 0 Å². The fraction of sp³-hybridized carbons (Fsp3) is 0.0500. The van der Waals surface area contributed by atoms with Crippen molar-refractivity contribution in [3.8, 4) is 5.75 Å². The van der Waals surface area contributed by atoms with Crippen molar-refractivity contribution in [2.45, 2.75) is 0 Å². The molecule has 0 radical (unpaired) electrons. The fourth-order valence-corrected chi connectivity index (χ4v) is 3.45. The predicted molar refractivity (Wildman–Crippen MR) is 122 cm³/mol. The third kappa shape index (κ3) is 5.41. The second-order valence-corrected chi connectivity index (χ2v) is 7.38. The molecule has 0 aliphatic heterocycles. The molecule has 0 aliphatic carbocycles. The molecular formula is C20H16N4O5S2. The Morgan fingerprint density at radius 1 is 1.06 bits per heavy atom. The van der Waals surface area contributed by atoms with Crippen LogP contribution in [0.25, 0.3) is 0 Å². The van der Waals surface area contributed by atoms with Crippen molar-refractivity contribution in [1.29, 1.82) is 0 Å². The summed E-state index contributed by atoms with van der Waals surface area (Å²) in [5.74, 6) is -0.597. The maximum absolute atomic E-state index is 12.4. The van der Waals surface area contributed by atoms with Crippen LogP contribution in [0.15, 0.2) is 60.0 Å². The van der Waals surface area contributed by atoms with Crippen molar-refractivity contribution < 1.29 is 19.2 Å². The van der Waals surface area contributed by atoms with E-state index in [9.17, 15) is 19.7 Å². The van der Waals surface area contributed by atoms with E-state index in [0.717, 1.165) is 0 Å². The zero-order chi connectivity index (χ0) is 22.4. The Morgan fingerprint density at radius 2 is 1.84 bits per heavy atom. The molecular weight excluding hydrogens is 440 g/mol.